The zero-order chi connectivity index (χ0) is 27.9. The van der Waals surface area contributed by atoms with E-state index in [0.29, 0.717) is 5.56 Å². The van der Waals surface area contributed by atoms with Gasteiger partial charge in [0.25, 0.3) is 0 Å². The van der Waals surface area contributed by atoms with E-state index < -0.39 is 66.4 Å². The monoisotopic (exact) mass is 519 g/mol. The number of aromatic nitrogens is 1. The number of amides is 3. The van der Waals surface area contributed by atoms with Gasteiger partial charge < -0.3 is 42.0 Å². The van der Waals surface area contributed by atoms with Crippen molar-refractivity contribution < 1.29 is 39.3 Å². The third-order valence-corrected chi connectivity index (χ3v) is 5.81. The molecule has 0 fully saturated rings. The Morgan fingerprint density at radius 1 is 0.919 bits per heavy atom. The minimum atomic E-state index is -1.63. The second kappa shape index (κ2) is 12.8. The van der Waals surface area contributed by atoms with Crippen molar-refractivity contribution in [3.8, 4) is 0 Å². The third kappa shape index (κ3) is 8.02. The number of aliphatic hydroxyl groups excluding tert-OH is 1. The summed E-state index contributed by atoms with van der Waals surface area (Å²) in [5.41, 5.74) is 7.17. The summed E-state index contributed by atoms with van der Waals surface area (Å²) in [7, 11) is 0. The zero-order valence-corrected chi connectivity index (χ0v) is 20.7. The maximum atomic E-state index is 12.9. The van der Waals surface area contributed by atoms with Gasteiger partial charge in [0.2, 0.25) is 17.7 Å². The first-order valence-electron chi connectivity index (χ1n) is 11.7. The molecule has 202 valence electrons. The number of aromatic amines is 1. The summed E-state index contributed by atoms with van der Waals surface area (Å²) < 4.78 is 0. The molecule has 5 unspecified atom stereocenters. The van der Waals surface area contributed by atoms with Gasteiger partial charge in [-0.15, -0.1) is 0 Å². The Kier molecular flexibility index (Phi) is 10.1. The molecule has 0 aliphatic heterocycles. The van der Waals surface area contributed by atoms with Gasteiger partial charge in [-0.3, -0.25) is 19.2 Å². The van der Waals surface area contributed by atoms with Crippen molar-refractivity contribution in [2.75, 3.05) is 0 Å². The Morgan fingerprint density at radius 3 is 2.11 bits per heavy atom. The summed E-state index contributed by atoms with van der Waals surface area (Å²) in [5.74, 6) is -5.87. The predicted molar refractivity (Wildman–Crippen MR) is 132 cm³/mol. The zero-order valence-electron chi connectivity index (χ0n) is 20.7. The van der Waals surface area contributed by atoms with Crippen LogP contribution in [0.2, 0.25) is 0 Å². The van der Waals surface area contributed by atoms with Crippen molar-refractivity contribution in [1.82, 2.24) is 20.9 Å². The molecular weight excluding hydrogens is 486 g/mol. The molecule has 3 amide bonds. The van der Waals surface area contributed by atoms with Gasteiger partial charge in [-0.25, -0.2) is 4.79 Å². The molecular formula is C24H33N5O8. The van der Waals surface area contributed by atoms with E-state index in [9.17, 15) is 34.2 Å². The molecule has 1 aromatic carbocycles. The van der Waals surface area contributed by atoms with Crippen LogP contribution in [-0.2, 0) is 30.4 Å². The number of carbonyl (C=O) groups excluding carboxylic acids is 3. The van der Waals surface area contributed by atoms with Gasteiger partial charge >= 0.3 is 11.9 Å². The van der Waals surface area contributed by atoms with Gasteiger partial charge in [0.1, 0.15) is 18.1 Å². The lowest BCUT2D eigenvalue weighted by atomic mass is 10.0. The number of rotatable bonds is 13. The molecule has 0 saturated carbocycles. The van der Waals surface area contributed by atoms with E-state index in [1.807, 2.05) is 12.1 Å². The van der Waals surface area contributed by atoms with Crippen molar-refractivity contribution >= 4 is 40.6 Å². The topological polar surface area (TPSA) is 224 Å². The molecule has 13 heteroatoms. The minimum Gasteiger partial charge on any atom is -0.481 e. The van der Waals surface area contributed by atoms with E-state index in [1.54, 1.807) is 32.2 Å². The average molecular weight is 520 g/mol. The first-order valence-corrected chi connectivity index (χ1v) is 11.7. The fourth-order valence-corrected chi connectivity index (χ4v) is 3.60. The molecule has 0 radical (unpaired) electrons. The van der Waals surface area contributed by atoms with Gasteiger partial charge in [-0.2, -0.15) is 0 Å². The Bertz CT molecular complexity index is 1150. The molecule has 37 heavy (non-hydrogen) atoms. The number of aliphatic carboxylic acids is 2. The Labute approximate surface area is 212 Å². The number of H-pyrrole nitrogens is 1. The number of hydrogen-bond acceptors (Lipinski definition) is 7. The van der Waals surface area contributed by atoms with Gasteiger partial charge in [0, 0.05) is 23.5 Å². The number of fused-ring (bicyclic) bond motifs is 1. The highest BCUT2D eigenvalue weighted by molar-refractivity contribution is 5.96. The highest BCUT2D eigenvalue weighted by Crippen LogP contribution is 2.19. The van der Waals surface area contributed by atoms with E-state index in [4.69, 9.17) is 10.8 Å². The lowest BCUT2D eigenvalue weighted by Gasteiger charge is -2.26. The fourth-order valence-electron chi connectivity index (χ4n) is 3.60. The molecule has 0 aliphatic rings. The molecule has 2 rings (SSSR count). The van der Waals surface area contributed by atoms with Crippen LogP contribution in [0, 0.1) is 5.92 Å². The van der Waals surface area contributed by atoms with Gasteiger partial charge in [0.15, 0.2) is 0 Å². The van der Waals surface area contributed by atoms with Crippen LogP contribution in [-0.4, -0.2) is 80.2 Å². The van der Waals surface area contributed by atoms with Crippen LogP contribution in [0.15, 0.2) is 30.5 Å². The van der Waals surface area contributed by atoms with Crippen LogP contribution in [0.25, 0.3) is 10.9 Å². The predicted octanol–water partition coefficient (Wildman–Crippen LogP) is -0.912. The Morgan fingerprint density at radius 2 is 1.54 bits per heavy atom. The molecule has 0 bridgehead atoms. The van der Waals surface area contributed by atoms with Gasteiger partial charge in [-0.05, 0) is 24.5 Å². The van der Waals surface area contributed by atoms with Crippen LogP contribution < -0.4 is 21.7 Å². The third-order valence-electron chi connectivity index (χ3n) is 5.81. The van der Waals surface area contributed by atoms with E-state index in [0.717, 1.165) is 10.9 Å². The lowest BCUT2D eigenvalue weighted by molar-refractivity contribution is -0.144. The molecule has 2 aromatic rings. The van der Waals surface area contributed by atoms with Crippen molar-refractivity contribution in [2.24, 2.45) is 11.7 Å². The Hall–Kier alpha value is -3.97. The van der Waals surface area contributed by atoms with Crippen molar-refractivity contribution in [3.05, 3.63) is 36.0 Å². The number of carbonyl (C=O) groups is 5. The number of carboxylic acids is 2. The molecule has 0 saturated heterocycles. The smallest absolute Gasteiger partial charge is 0.326 e. The molecule has 9 N–H and O–H groups in total. The molecule has 5 atom stereocenters. The van der Waals surface area contributed by atoms with E-state index in [-0.39, 0.29) is 12.3 Å². The summed E-state index contributed by atoms with van der Waals surface area (Å²) in [5, 5.41) is 36.5. The number of nitrogens with one attached hydrogen (secondary N) is 4. The summed E-state index contributed by atoms with van der Waals surface area (Å²) in [6.07, 6.45) is -0.752. The highest BCUT2D eigenvalue weighted by atomic mass is 16.4. The number of hydrogen-bond donors (Lipinski definition) is 8. The second-order valence-corrected chi connectivity index (χ2v) is 9.12. The quantitative estimate of drug-likeness (QED) is 0.164. The summed E-state index contributed by atoms with van der Waals surface area (Å²) in [6, 6.07) is 1.56. The second-order valence-electron chi connectivity index (χ2n) is 9.12. The first kappa shape index (κ1) is 29.3. The maximum absolute atomic E-state index is 12.9. The molecule has 1 heterocycles. The van der Waals surface area contributed by atoms with Crippen LogP contribution in [0.3, 0.4) is 0 Å². The Balaban J connectivity index is 2.17. The number of benzene rings is 1. The fraction of sp³-hybridized carbons (Fsp3) is 0.458. The minimum absolute atomic E-state index is 0.0870. The highest BCUT2D eigenvalue weighted by Gasteiger charge is 2.34. The van der Waals surface area contributed by atoms with E-state index >= 15 is 0 Å². The van der Waals surface area contributed by atoms with Gasteiger partial charge in [0.05, 0.1) is 18.6 Å². The number of aliphatic hydroxyl groups is 1. The van der Waals surface area contributed by atoms with Crippen LogP contribution in [0.1, 0.15) is 32.8 Å². The largest absolute Gasteiger partial charge is 0.481 e. The summed E-state index contributed by atoms with van der Waals surface area (Å²) in [4.78, 5) is 64.2. The van der Waals surface area contributed by atoms with Crippen LogP contribution in [0.5, 0.6) is 0 Å². The van der Waals surface area contributed by atoms with Crippen molar-refractivity contribution in [2.45, 2.75) is 63.9 Å². The lowest BCUT2D eigenvalue weighted by Crippen LogP contribution is -2.60. The van der Waals surface area contributed by atoms with E-state index in [2.05, 4.69) is 20.9 Å². The SMILES string of the molecule is CC(C)C(N)C(=O)NC(CC(=O)O)C(=O)NC(C(=O)NC(Cc1c[nH]c2ccccc12)C(=O)O)C(C)O. The van der Waals surface area contributed by atoms with Crippen LogP contribution in [0.4, 0.5) is 0 Å². The molecule has 13 nitrogen and oxygen atoms in total. The average Bonchev–Trinajstić information content (AvgIpc) is 3.22. The maximum Gasteiger partial charge on any atom is 0.326 e. The molecule has 0 aliphatic carbocycles. The van der Waals surface area contributed by atoms with Crippen molar-refractivity contribution in [1.29, 1.82) is 0 Å². The molecule has 0 spiro atoms. The van der Waals surface area contributed by atoms with Crippen molar-refractivity contribution in [3.63, 3.8) is 0 Å². The van der Waals surface area contributed by atoms with Crippen LogP contribution >= 0.6 is 0 Å². The summed E-state index contributed by atoms with van der Waals surface area (Å²) in [6.45, 7) is 4.53. The van der Waals surface area contributed by atoms with E-state index in [1.165, 1.54) is 6.92 Å². The number of para-hydroxylation sites is 1. The number of carboxylic acid groups (broad SMARTS) is 2. The number of nitrogens with two attached hydrogens (primary N) is 1. The summed E-state index contributed by atoms with van der Waals surface area (Å²) >= 11 is 0. The standard InChI is InChI=1S/C24H33N5O8/c1-11(2)19(25)22(34)27-16(9-18(31)32)21(33)29-20(12(3)30)23(35)28-17(24(36)37)8-13-10-26-15-7-5-4-6-14(13)15/h4-7,10-12,16-17,19-20,26,30H,8-9,25H2,1-3H3,(H,27,34)(H,28,35)(H,29,33)(H,31,32)(H,36,37). The normalized spacial score (nSPS) is 15.3. The van der Waals surface area contributed by atoms with Gasteiger partial charge in [-0.1, -0.05) is 32.0 Å². The first-order chi connectivity index (χ1) is 17.3. The molecule has 1 aromatic heterocycles.